The van der Waals surface area contributed by atoms with Crippen LogP contribution in [0.3, 0.4) is 0 Å². The van der Waals surface area contributed by atoms with E-state index >= 15 is 0 Å². The van der Waals surface area contributed by atoms with Gasteiger partial charge in [0.1, 0.15) is 0 Å². The number of ether oxygens (including phenoxy) is 2. The van der Waals surface area contributed by atoms with Gasteiger partial charge in [0, 0.05) is 0 Å². The van der Waals surface area contributed by atoms with Gasteiger partial charge in [-0.3, -0.25) is 4.79 Å². The molecule has 19 heavy (non-hydrogen) atoms. The maximum atomic E-state index is 11.7. The number of carbonyl (C=O) groups excluding carboxylic acids is 3. The van der Waals surface area contributed by atoms with Crippen molar-refractivity contribution in [1.29, 1.82) is 0 Å². The van der Waals surface area contributed by atoms with E-state index in [1.807, 2.05) is 6.92 Å². The topological polar surface area (TPSA) is 108 Å². The summed E-state index contributed by atoms with van der Waals surface area (Å²) in [4.78, 5) is 34.9. The Kier molecular flexibility index (Phi) is 8.52. The minimum absolute atomic E-state index is 0.103. The van der Waals surface area contributed by atoms with Gasteiger partial charge in [-0.15, -0.1) is 0 Å². The van der Waals surface area contributed by atoms with Crippen molar-refractivity contribution in [2.24, 2.45) is 5.73 Å². The van der Waals surface area contributed by atoms with Gasteiger partial charge in [0.05, 0.1) is 19.3 Å². The molecule has 0 fully saturated rings. The summed E-state index contributed by atoms with van der Waals surface area (Å²) >= 11 is 0. The number of nitrogens with one attached hydrogen (secondary N) is 1. The Balaban J connectivity index is 4.70. The molecule has 1 unspecified atom stereocenters. The van der Waals surface area contributed by atoms with Crippen molar-refractivity contribution in [3.63, 3.8) is 0 Å². The summed E-state index contributed by atoms with van der Waals surface area (Å²) in [5, 5.41) is 2.26. The van der Waals surface area contributed by atoms with Crippen LogP contribution in [0.25, 0.3) is 0 Å². The van der Waals surface area contributed by atoms with Crippen LogP contribution in [-0.2, 0) is 23.9 Å². The first kappa shape index (κ1) is 17.4. The average molecular weight is 274 g/mol. The van der Waals surface area contributed by atoms with Crippen molar-refractivity contribution >= 4 is 17.8 Å². The zero-order chi connectivity index (χ0) is 14.8. The standard InChI is InChI=1S/C12H22N2O5/c1-4-7-8(13)10(15)14-9(11(16)18-5-2)12(17)19-6-3/h8-9H,4-7,13H2,1-3H3,(H,14,15). The van der Waals surface area contributed by atoms with Crippen LogP contribution >= 0.6 is 0 Å². The number of hydrogen-bond donors (Lipinski definition) is 2. The fourth-order valence-electron chi connectivity index (χ4n) is 1.36. The third-order valence-corrected chi connectivity index (χ3v) is 2.27. The highest BCUT2D eigenvalue weighted by molar-refractivity contribution is 6.03. The van der Waals surface area contributed by atoms with Gasteiger partial charge in [0.15, 0.2) is 0 Å². The van der Waals surface area contributed by atoms with Crippen molar-refractivity contribution in [2.75, 3.05) is 13.2 Å². The maximum absolute atomic E-state index is 11.7. The summed E-state index contributed by atoms with van der Waals surface area (Å²) < 4.78 is 9.43. The molecule has 7 heteroatoms. The summed E-state index contributed by atoms with van der Waals surface area (Å²) in [7, 11) is 0. The van der Waals surface area contributed by atoms with E-state index < -0.39 is 29.9 Å². The van der Waals surface area contributed by atoms with Crippen LogP contribution in [0.4, 0.5) is 0 Å². The van der Waals surface area contributed by atoms with Crippen LogP contribution < -0.4 is 11.1 Å². The molecular weight excluding hydrogens is 252 g/mol. The highest BCUT2D eigenvalue weighted by Crippen LogP contribution is 1.98. The van der Waals surface area contributed by atoms with Gasteiger partial charge < -0.3 is 20.5 Å². The normalized spacial score (nSPS) is 11.8. The molecule has 3 N–H and O–H groups in total. The van der Waals surface area contributed by atoms with E-state index in [0.29, 0.717) is 6.42 Å². The largest absolute Gasteiger partial charge is 0.464 e. The molecule has 110 valence electrons. The van der Waals surface area contributed by atoms with E-state index in [-0.39, 0.29) is 13.2 Å². The molecule has 0 spiro atoms. The van der Waals surface area contributed by atoms with Gasteiger partial charge in [-0.05, 0) is 20.3 Å². The van der Waals surface area contributed by atoms with E-state index in [1.54, 1.807) is 13.8 Å². The SMILES string of the molecule is CCCC(N)C(=O)NC(C(=O)OCC)C(=O)OCC. The molecule has 0 radical (unpaired) electrons. The average Bonchev–Trinajstić information content (AvgIpc) is 2.36. The molecular formula is C12H22N2O5. The first-order valence-electron chi connectivity index (χ1n) is 6.37. The quantitative estimate of drug-likeness (QED) is 0.466. The van der Waals surface area contributed by atoms with Gasteiger partial charge >= 0.3 is 11.9 Å². The zero-order valence-electron chi connectivity index (χ0n) is 11.6. The number of amides is 1. The monoisotopic (exact) mass is 274 g/mol. The summed E-state index contributed by atoms with van der Waals surface area (Å²) in [6, 6.07) is -2.23. The van der Waals surface area contributed by atoms with Crippen molar-refractivity contribution in [1.82, 2.24) is 5.32 Å². The Morgan fingerprint density at radius 2 is 1.53 bits per heavy atom. The molecule has 0 saturated heterocycles. The molecule has 0 aromatic carbocycles. The second-order valence-electron chi connectivity index (χ2n) is 3.84. The second-order valence-corrected chi connectivity index (χ2v) is 3.84. The van der Waals surface area contributed by atoms with Crippen molar-refractivity contribution in [3.05, 3.63) is 0 Å². The predicted octanol–water partition coefficient (Wildman–Crippen LogP) is -0.275. The Morgan fingerprint density at radius 3 is 1.89 bits per heavy atom. The number of hydrogen-bond acceptors (Lipinski definition) is 6. The molecule has 0 aliphatic heterocycles. The number of nitrogens with two attached hydrogens (primary N) is 1. The van der Waals surface area contributed by atoms with Crippen LogP contribution in [0.5, 0.6) is 0 Å². The molecule has 0 aromatic rings. The van der Waals surface area contributed by atoms with E-state index in [0.717, 1.165) is 6.42 Å². The fraction of sp³-hybridized carbons (Fsp3) is 0.750. The molecule has 0 aliphatic carbocycles. The van der Waals surface area contributed by atoms with Gasteiger partial charge in [-0.2, -0.15) is 0 Å². The minimum atomic E-state index is -1.46. The second kappa shape index (κ2) is 9.32. The first-order chi connectivity index (χ1) is 8.97. The molecule has 0 rings (SSSR count). The highest BCUT2D eigenvalue weighted by atomic mass is 16.6. The van der Waals surface area contributed by atoms with Crippen LogP contribution in [0.2, 0.25) is 0 Å². The van der Waals surface area contributed by atoms with Crippen molar-refractivity contribution in [3.8, 4) is 0 Å². The molecule has 7 nitrogen and oxygen atoms in total. The maximum Gasteiger partial charge on any atom is 0.340 e. The fourth-order valence-corrected chi connectivity index (χ4v) is 1.36. The summed E-state index contributed by atoms with van der Waals surface area (Å²) in [5.41, 5.74) is 5.61. The summed E-state index contributed by atoms with van der Waals surface area (Å²) in [6.07, 6.45) is 1.18. The molecule has 0 heterocycles. The van der Waals surface area contributed by atoms with Gasteiger partial charge in [-0.25, -0.2) is 9.59 Å². The molecule has 0 saturated carbocycles. The summed E-state index contributed by atoms with van der Waals surface area (Å²) in [5.74, 6) is -2.27. The lowest BCUT2D eigenvalue weighted by atomic mass is 10.1. The Labute approximate surface area is 112 Å². The van der Waals surface area contributed by atoms with Crippen LogP contribution in [0.15, 0.2) is 0 Å². The number of carbonyl (C=O) groups is 3. The van der Waals surface area contributed by atoms with E-state index in [9.17, 15) is 14.4 Å². The highest BCUT2D eigenvalue weighted by Gasteiger charge is 2.32. The Hall–Kier alpha value is -1.63. The molecule has 0 aliphatic rings. The van der Waals surface area contributed by atoms with E-state index in [4.69, 9.17) is 15.2 Å². The molecule has 1 atom stereocenters. The van der Waals surface area contributed by atoms with E-state index in [2.05, 4.69) is 5.32 Å². The number of rotatable bonds is 8. The summed E-state index contributed by atoms with van der Waals surface area (Å²) in [6.45, 7) is 5.29. The third kappa shape index (κ3) is 6.19. The first-order valence-corrected chi connectivity index (χ1v) is 6.37. The van der Waals surface area contributed by atoms with Crippen LogP contribution in [-0.4, -0.2) is 43.1 Å². The van der Waals surface area contributed by atoms with Crippen LogP contribution in [0, 0.1) is 0 Å². The molecule has 1 amide bonds. The minimum Gasteiger partial charge on any atom is -0.464 e. The third-order valence-electron chi connectivity index (χ3n) is 2.27. The van der Waals surface area contributed by atoms with Gasteiger partial charge in [-0.1, -0.05) is 13.3 Å². The van der Waals surface area contributed by atoms with Gasteiger partial charge in [0.2, 0.25) is 11.9 Å². The Bertz CT molecular complexity index is 301. The van der Waals surface area contributed by atoms with Gasteiger partial charge in [0.25, 0.3) is 0 Å². The smallest absolute Gasteiger partial charge is 0.340 e. The lowest BCUT2D eigenvalue weighted by Gasteiger charge is -2.18. The van der Waals surface area contributed by atoms with Crippen molar-refractivity contribution in [2.45, 2.75) is 45.7 Å². The zero-order valence-corrected chi connectivity index (χ0v) is 11.6. The van der Waals surface area contributed by atoms with E-state index in [1.165, 1.54) is 0 Å². The Morgan fingerprint density at radius 1 is 1.05 bits per heavy atom. The number of esters is 2. The lowest BCUT2D eigenvalue weighted by molar-refractivity contribution is -0.159. The lowest BCUT2D eigenvalue weighted by Crippen LogP contribution is -2.53. The molecule has 0 aromatic heterocycles. The predicted molar refractivity (Wildman–Crippen MR) is 68.1 cm³/mol. The van der Waals surface area contributed by atoms with Crippen molar-refractivity contribution < 1.29 is 23.9 Å². The molecule has 0 bridgehead atoms. The van der Waals surface area contributed by atoms with Crippen LogP contribution in [0.1, 0.15) is 33.6 Å².